The van der Waals surface area contributed by atoms with Gasteiger partial charge in [0.2, 0.25) is 0 Å². The molecule has 0 spiro atoms. The quantitative estimate of drug-likeness (QED) is 0.670. The molecule has 0 N–H and O–H groups in total. The highest BCUT2D eigenvalue weighted by molar-refractivity contribution is 5.94. The van der Waals surface area contributed by atoms with Crippen molar-refractivity contribution < 1.29 is 4.79 Å². The highest BCUT2D eigenvalue weighted by Crippen LogP contribution is 2.20. The van der Waals surface area contributed by atoms with Crippen LogP contribution < -0.4 is 0 Å². The fourth-order valence-electron chi connectivity index (χ4n) is 3.93. The van der Waals surface area contributed by atoms with Crippen LogP contribution in [0, 0.1) is 13.8 Å². The molecule has 0 radical (unpaired) electrons. The summed E-state index contributed by atoms with van der Waals surface area (Å²) in [6, 6.07) is 20.3. The first kappa shape index (κ1) is 19.4. The molecule has 2 heterocycles. The van der Waals surface area contributed by atoms with E-state index in [4.69, 9.17) is 0 Å². The van der Waals surface area contributed by atoms with Crippen LogP contribution in [0.5, 0.6) is 0 Å². The van der Waals surface area contributed by atoms with Crippen molar-refractivity contribution >= 4 is 5.91 Å². The van der Waals surface area contributed by atoms with Gasteiger partial charge in [0, 0.05) is 44.0 Å². The van der Waals surface area contributed by atoms with Crippen molar-refractivity contribution in [3.05, 3.63) is 77.6 Å². The fraction of sp³-hybridized carbons (Fsp3) is 0.333. The SMILES string of the molecule is Cc1cc(C)n(CCN2CCN(C(=O)c3ccc(-c4ccccc4)cc3)CC2)n1. The van der Waals surface area contributed by atoms with Crippen molar-refractivity contribution in [2.45, 2.75) is 20.4 Å². The number of carbonyl (C=O) groups excluding carboxylic acids is 1. The predicted octanol–water partition coefficient (Wildman–Crippen LogP) is 3.62. The van der Waals surface area contributed by atoms with E-state index >= 15 is 0 Å². The summed E-state index contributed by atoms with van der Waals surface area (Å²) in [7, 11) is 0. The number of nitrogens with zero attached hydrogens (tertiary/aromatic N) is 4. The molecule has 0 unspecified atom stereocenters. The lowest BCUT2D eigenvalue weighted by Crippen LogP contribution is -2.49. The Kier molecular flexibility index (Phi) is 5.76. The van der Waals surface area contributed by atoms with E-state index < -0.39 is 0 Å². The first-order chi connectivity index (χ1) is 14.1. The van der Waals surface area contributed by atoms with Gasteiger partial charge < -0.3 is 4.90 Å². The van der Waals surface area contributed by atoms with Gasteiger partial charge in [-0.1, -0.05) is 42.5 Å². The molecular weight excluding hydrogens is 360 g/mol. The Morgan fingerprint density at radius 2 is 1.52 bits per heavy atom. The number of aryl methyl sites for hydroxylation is 2. The lowest BCUT2D eigenvalue weighted by Gasteiger charge is -2.34. The third-order valence-electron chi connectivity index (χ3n) is 5.63. The van der Waals surface area contributed by atoms with Crippen molar-refractivity contribution in [2.75, 3.05) is 32.7 Å². The van der Waals surface area contributed by atoms with E-state index in [1.165, 1.54) is 11.3 Å². The summed E-state index contributed by atoms with van der Waals surface area (Å²) >= 11 is 0. The number of carbonyl (C=O) groups is 1. The molecule has 29 heavy (non-hydrogen) atoms. The summed E-state index contributed by atoms with van der Waals surface area (Å²) in [6.07, 6.45) is 0. The van der Waals surface area contributed by atoms with Gasteiger partial charge in [-0.2, -0.15) is 5.10 Å². The molecule has 4 rings (SSSR count). The summed E-state index contributed by atoms with van der Waals surface area (Å²) in [4.78, 5) is 17.3. The molecule has 0 bridgehead atoms. The Bertz CT molecular complexity index is 954. The molecule has 0 saturated carbocycles. The topological polar surface area (TPSA) is 41.4 Å². The molecule has 3 aromatic rings. The Morgan fingerprint density at radius 3 is 2.14 bits per heavy atom. The fourth-order valence-corrected chi connectivity index (χ4v) is 3.93. The van der Waals surface area contributed by atoms with Gasteiger partial charge in [0.1, 0.15) is 0 Å². The zero-order valence-corrected chi connectivity index (χ0v) is 17.2. The molecule has 1 aliphatic rings. The van der Waals surface area contributed by atoms with Gasteiger partial charge in [-0.15, -0.1) is 0 Å². The summed E-state index contributed by atoms with van der Waals surface area (Å²) < 4.78 is 2.07. The summed E-state index contributed by atoms with van der Waals surface area (Å²) in [5.74, 6) is 0.128. The number of benzene rings is 2. The van der Waals surface area contributed by atoms with Gasteiger partial charge in [0.05, 0.1) is 12.2 Å². The third kappa shape index (κ3) is 4.57. The highest BCUT2D eigenvalue weighted by Gasteiger charge is 2.22. The Labute approximate surface area is 172 Å². The second-order valence-corrected chi connectivity index (χ2v) is 7.73. The van der Waals surface area contributed by atoms with Crippen LogP contribution in [0.25, 0.3) is 11.1 Å². The number of rotatable bonds is 5. The molecule has 1 fully saturated rings. The van der Waals surface area contributed by atoms with E-state index in [0.717, 1.165) is 56.1 Å². The van der Waals surface area contributed by atoms with Gasteiger partial charge >= 0.3 is 0 Å². The lowest BCUT2D eigenvalue weighted by molar-refractivity contribution is 0.0632. The second-order valence-electron chi connectivity index (χ2n) is 7.73. The van der Waals surface area contributed by atoms with E-state index in [1.54, 1.807) is 0 Å². The number of piperazine rings is 1. The maximum Gasteiger partial charge on any atom is 0.253 e. The zero-order chi connectivity index (χ0) is 20.2. The standard InChI is InChI=1S/C24H28N4O/c1-19-18-20(2)28(25-19)17-14-26-12-15-27(16-13-26)24(29)23-10-8-22(9-11-23)21-6-4-3-5-7-21/h3-11,18H,12-17H2,1-2H3. The van der Waals surface area contributed by atoms with Crippen LogP contribution in [0.1, 0.15) is 21.7 Å². The van der Waals surface area contributed by atoms with Crippen LogP contribution in [0.15, 0.2) is 60.7 Å². The van der Waals surface area contributed by atoms with Crippen LogP contribution in [0.2, 0.25) is 0 Å². The van der Waals surface area contributed by atoms with Crippen molar-refractivity contribution in [1.82, 2.24) is 19.6 Å². The molecule has 2 aromatic carbocycles. The minimum atomic E-state index is 0.128. The first-order valence-electron chi connectivity index (χ1n) is 10.3. The lowest BCUT2D eigenvalue weighted by atomic mass is 10.0. The molecule has 0 aliphatic carbocycles. The molecule has 1 aromatic heterocycles. The van der Waals surface area contributed by atoms with Gasteiger partial charge in [-0.25, -0.2) is 0 Å². The maximum absolute atomic E-state index is 12.9. The Morgan fingerprint density at radius 1 is 0.862 bits per heavy atom. The van der Waals surface area contributed by atoms with Gasteiger partial charge in [0.15, 0.2) is 0 Å². The average Bonchev–Trinajstić information content (AvgIpc) is 3.10. The minimum absolute atomic E-state index is 0.128. The maximum atomic E-state index is 12.9. The zero-order valence-electron chi connectivity index (χ0n) is 17.2. The number of aromatic nitrogens is 2. The molecule has 1 aliphatic heterocycles. The summed E-state index contributed by atoms with van der Waals surface area (Å²) in [5, 5.41) is 4.53. The molecule has 0 atom stereocenters. The monoisotopic (exact) mass is 388 g/mol. The highest BCUT2D eigenvalue weighted by atomic mass is 16.2. The second kappa shape index (κ2) is 8.62. The predicted molar refractivity (Wildman–Crippen MR) is 116 cm³/mol. The molecular formula is C24H28N4O. The summed E-state index contributed by atoms with van der Waals surface area (Å²) in [5.41, 5.74) is 5.34. The van der Waals surface area contributed by atoms with Crippen molar-refractivity contribution in [2.24, 2.45) is 0 Å². The van der Waals surface area contributed by atoms with E-state index in [1.807, 2.05) is 54.3 Å². The number of hydrogen-bond donors (Lipinski definition) is 0. The molecule has 1 saturated heterocycles. The number of amides is 1. The van der Waals surface area contributed by atoms with Crippen LogP contribution >= 0.6 is 0 Å². The largest absolute Gasteiger partial charge is 0.336 e. The molecule has 150 valence electrons. The molecule has 1 amide bonds. The van der Waals surface area contributed by atoms with E-state index in [-0.39, 0.29) is 5.91 Å². The Balaban J connectivity index is 1.30. The van der Waals surface area contributed by atoms with Crippen LogP contribution in [0.4, 0.5) is 0 Å². The van der Waals surface area contributed by atoms with E-state index in [0.29, 0.717) is 0 Å². The molecule has 5 nitrogen and oxygen atoms in total. The third-order valence-corrected chi connectivity index (χ3v) is 5.63. The normalized spacial score (nSPS) is 14.9. The van der Waals surface area contributed by atoms with Gasteiger partial charge in [-0.3, -0.25) is 14.4 Å². The smallest absolute Gasteiger partial charge is 0.253 e. The van der Waals surface area contributed by atoms with Gasteiger partial charge in [-0.05, 0) is 43.2 Å². The van der Waals surface area contributed by atoms with Crippen molar-refractivity contribution in [3.63, 3.8) is 0 Å². The minimum Gasteiger partial charge on any atom is -0.336 e. The van der Waals surface area contributed by atoms with Crippen molar-refractivity contribution in [3.8, 4) is 11.1 Å². The van der Waals surface area contributed by atoms with Crippen LogP contribution in [-0.4, -0.2) is 58.2 Å². The van der Waals surface area contributed by atoms with E-state index in [9.17, 15) is 4.79 Å². The molecule has 5 heteroatoms. The van der Waals surface area contributed by atoms with Gasteiger partial charge in [0.25, 0.3) is 5.91 Å². The van der Waals surface area contributed by atoms with Crippen molar-refractivity contribution in [1.29, 1.82) is 0 Å². The van der Waals surface area contributed by atoms with E-state index in [2.05, 4.69) is 39.8 Å². The van der Waals surface area contributed by atoms with Crippen LogP contribution in [-0.2, 0) is 6.54 Å². The first-order valence-corrected chi connectivity index (χ1v) is 10.3. The van der Waals surface area contributed by atoms with Crippen LogP contribution in [0.3, 0.4) is 0 Å². The Hall–Kier alpha value is -2.92. The summed E-state index contributed by atoms with van der Waals surface area (Å²) in [6.45, 7) is 9.36. The number of hydrogen-bond acceptors (Lipinski definition) is 3. The average molecular weight is 389 g/mol.